The highest BCUT2D eigenvalue weighted by Crippen LogP contribution is 2.22. The lowest BCUT2D eigenvalue weighted by Gasteiger charge is -2.06. The molecule has 0 fully saturated rings. The zero-order chi connectivity index (χ0) is 22.7. The summed E-state index contributed by atoms with van der Waals surface area (Å²) in [6.07, 6.45) is 0. The van der Waals surface area contributed by atoms with Crippen LogP contribution >= 0.6 is 0 Å². The fraction of sp³-hybridized carbons (Fsp3) is 0.0833. The molecule has 0 bridgehead atoms. The number of nitrogen functional groups attached to an aromatic ring is 1. The Hall–Kier alpha value is -4.46. The summed E-state index contributed by atoms with van der Waals surface area (Å²) in [5.41, 5.74) is 11.2. The van der Waals surface area contributed by atoms with Crippen LogP contribution in [0.5, 0.6) is 0 Å². The molecule has 0 unspecified atom stereocenters. The molecule has 3 aromatic heterocycles. The number of nitrogens with two attached hydrogens (primary N) is 1. The van der Waals surface area contributed by atoms with Gasteiger partial charge in [0.1, 0.15) is 11.4 Å². The second kappa shape index (κ2) is 8.73. The van der Waals surface area contributed by atoms with Gasteiger partial charge >= 0.3 is 5.97 Å². The van der Waals surface area contributed by atoms with Crippen LogP contribution in [-0.4, -0.2) is 35.9 Å². The van der Waals surface area contributed by atoms with E-state index in [1.165, 1.54) is 0 Å². The number of nitrogens with zero attached hydrogens (tertiary/aromatic N) is 4. The Morgan fingerprint density at radius 2 is 1.59 bits per heavy atom. The number of hydrogen-bond acceptors (Lipinski definition) is 5. The van der Waals surface area contributed by atoms with Gasteiger partial charge in [-0.1, -0.05) is 60.7 Å². The van der Waals surface area contributed by atoms with Crippen LogP contribution in [0.25, 0.3) is 28.2 Å². The molecule has 32 heavy (non-hydrogen) atoms. The molecule has 0 saturated heterocycles. The van der Waals surface area contributed by atoms with E-state index in [0.717, 1.165) is 22.5 Å². The summed E-state index contributed by atoms with van der Waals surface area (Å²) < 4.78 is 1.58. The Labute approximate surface area is 184 Å². The number of benzene rings is 2. The maximum absolute atomic E-state index is 11.3. The quantitative estimate of drug-likeness (QED) is 0.394. The van der Waals surface area contributed by atoms with Crippen LogP contribution in [0, 0.1) is 13.8 Å². The first-order chi connectivity index (χ1) is 15.4. The molecule has 0 spiro atoms. The highest BCUT2D eigenvalue weighted by molar-refractivity contribution is 5.90. The van der Waals surface area contributed by atoms with Crippen LogP contribution in [-0.2, 0) is 0 Å². The molecule has 2 aromatic carbocycles. The Kier molecular flexibility index (Phi) is 5.67. The van der Waals surface area contributed by atoms with E-state index in [4.69, 9.17) is 5.73 Å². The number of aromatic carboxylic acids is 1. The van der Waals surface area contributed by atoms with Crippen molar-refractivity contribution < 1.29 is 9.90 Å². The van der Waals surface area contributed by atoms with Crippen LogP contribution in [0.1, 0.15) is 21.7 Å². The number of carboxylic acids is 1. The van der Waals surface area contributed by atoms with Crippen LogP contribution in [0.2, 0.25) is 0 Å². The van der Waals surface area contributed by atoms with E-state index in [0.29, 0.717) is 22.9 Å². The number of aryl methyl sites for hydroxylation is 2. The molecule has 0 aliphatic carbocycles. The van der Waals surface area contributed by atoms with Crippen molar-refractivity contribution in [3.8, 4) is 22.5 Å². The van der Waals surface area contributed by atoms with Gasteiger partial charge < -0.3 is 10.8 Å². The van der Waals surface area contributed by atoms with E-state index in [1.54, 1.807) is 18.4 Å². The minimum absolute atomic E-state index is 0.209. The molecule has 160 valence electrons. The van der Waals surface area contributed by atoms with E-state index in [-0.39, 0.29) is 5.56 Å². The normalized spacial score (nSPS) is 10.6. The molecule has 3 heterocycles. The molecular weight excluding hydrogens is 404 g/mol. The van der Waals surface area contributed by atoms with Gasteiger partial charge in [-0.3, -0.25) is 5.10 Å². The molecule has 0 atom stereocenters. The third-order valence-electron chi connectivity index (χ3n) is 4.98. The van der Waals surface area contributed by atoms with Crippen molar-refractivity contribution in [3.63, 3.8) is 0 Å². The van der Waals surface area contributed by atoms with Crippen molar-refractivity contribution in [1.29, 1.82) is 0 Å². The van der Waals surface area contributed by atoms with E-state index < -0.39 is 5.97 Å². The summed E-state index contributed by atoms with van der Waals surface area (Å²) in [5, 5.41) is 20.4. The van der Waals surface area contributed by atoms with Gasteiger partial charge in [0.2, 0.25) is 0 Å². The minimum atomic E-state index is -0.980. The standard InChI is InChI=1S/C15H13N3O2.C9H9N3/c1-9-14(15(19)20)10(2)18-13(16-9)8-12(17-18)11-6-4-3-5-7-11;10-9-6-8(11-12-9)7-4-2-1-3-5-7/h3-8H,1-2H3,(H,19,20);1-6H,(H3,10,11,12). The fourth-order valence-electron chi connectivity index (χ4n) is 3.46. The van der Waals surface area contributed by atoms with E-state index in [2.05, 4.69) is 20.3 Å². The second-order valence-corrected chi connectivity index (χ2v) is 7.20. The van der Waals surface area contributed by atoms with Gasteiger partial charge in [-0.25, -0.2) is 14.3 Å². The molecule has 4 N–H and O–H groups in total. The third-order valence-corrected chi connectivity index (χ3v) is 4.98. The maximum Gasteiger partial charge on any atom is 0.339 e. The summed E-state index contributed by atoms with van der Waals surface area (Å²) in [4.78, 5) is 15.6. The summed E-state index contributed by atoms with van der Waals surface area (Å²) in [6.45, 7) is 3.44. The van der Waals surface area contributed by atoms with E-state index >= 15 is 0 Å². The molecule has 0 saturated carbocycles. The SMILES string of the molecule is Cc1nc2cc(-c3ccccc3)nn2c(C)c1C(=O)O.Nc1cc(-c2ccccc2)[nH]n1. The lowest BCUT2D eigenvalue weighted by atomic mass is 10.1. The zero-order valence-corrected chi connectivity index (χ0v) is 17.6. The first-order valence-corrected chi connectivity index (χ1v) is 9.96. The maximum atomic E-state index is 11.3. The second-order valence-electron chi connectivity index (χ2n) is 7.20. The number of rotatable bonds is 3. The number of aromatic nitrogens is 5. The molecule has 0 radical (unpaired) electrons. The van der Waals surface area contributed by atoms with E-state index in [9.17, 15) is 9.90 Å². The van der Waals surface area contributed by atoms with Crippen molar-refractivity contribution in [2.45, 2.75) is 13.8 Å². The molecule has 8 nitrogen and oxygen atoms in total. The number of aromatic amines is 1. The molecule has 5 rings (SSSR count). The predicted octanol–water partition coefficient (Wildman–Crippen LogP) is 4.37. The van der Waals surface area contributed by atoms with Crippen LogP contribution in [0.3, 0.4) is 0 Å². The van der Waals surface area contributed by atoms with Gasteiger partial charge in [0.25, 0.3) is 0 Å². The number of carbonyl (C=O) groups is 1. The van der Waals surface area contributed by atoms with Crippen molar-refractivity contribution in [2.24, 2.45) is 0 Å². The average molecular weight is 426 g/mol. The summed E-state index contributed by atoms with van der Waals surface area (Å²) in [7, 11) is 0. The van der Waals surface area contributed by atoms with Crippen molar-refractivity contribution >= 4 is 17.4 Å². The molecule has 8 heteroatoms. The predicted molar refractivity (Wildman–Crippen MR) is 123 cm³/mol. The Morgan fingerprint density at radius 1 is 0.969 bits per heavy atom. The summed E-state index contributed by atoms with van der Waals surface area (Å²) in [5.74, 6) is -0.458. The molecule has 0 aliphatic heterocycles. The van der Waals surface area contributed by atoms with Gasteiger partial charge in [0, 0.05) is 17.7 Å². The topological polar surface area (TPSA) is 122 Å². The summed E-state index contributed by atoms with van der Waals surface area (Å²) in [6, 6.07) is 23.4. The smallest absolute Gasteiger partial charge is 0.339 e. The molecular formula is C24H22N6O2. The molecule has 0 amide bonds. The van der Waals surface area contributed by atoms with Gasteiger partial charge in [-0.15, -0.1) is 0 Å². The number of H-pyrrole nitrogens is 1. The lowest BCUT2D eigenvalue weighted by molar-refractivity contribution is 0.0694. The summed E-state index contributed by atoms with van der Waals surface area (Å²) >= 11 is 0. The minimum Gasteiger partial charge on any atom is -0.478 e. The molecule has 5 aromatic rings. The number of fused-ring (bicyclic) bond motifs is 1. The van der Waals surface area contributed by atoms with Gasteiger partial charge in [-0.05, 0) is 19.4 Å². The largest absolute Gasteiger partial charge is 0.478 e. The van der Waals surface area contributed by atoms with Crippen LogP contribution in [0.15, 0.2) is 72.8 Å². The third kappa shape index (κ3) is 4.20. The van der Waals surface area contributed by atoms with Gasteiger partial charge in [0.15, 0.2) is 5.65 Å². The Balaban J connectivity index is 0.000000174. The zero-order valence-electron chi connectivity index (χ0n) is 17.6. The average Bonchev–Trinajstić information content (AvgIpc) is 3.42. The van der Waals surface area contributed by atoms with Crippen LogP contribution in [0.4, 0.5) is 5.82 Å². The fourth-order valence-corrected chi connectivity index (χ4v) is 3.46. The number of hydrogen-bond donors (Lipinski definition) is 3. The highest BCUT2D eigenvalue weighted by Gasteiger charge is 2.17. The Morgan fingerprint density at radius 3 is 2.16 bits per heavy atom. The lowest BCUT2D eigenvalue weighted by Crippen LogP contribution is -2.10. The van der Waals surface area contributed by atoms with Gasteiger partial charge in [-0.2, -0.15) is 10.2 Å². The van der Waals surface area contributed by atoms with Gasteiger partial charge in [0.05, 0.1) is 22.8 Å². The van der Waals surface area contributed by atoms with Crippen molar-refractivity contribution in [3.05, 3.63) is 89.7 Å². The first kappa shape index (κ1) is 20.8. The van der Waals surface area contributed by atoms with Crippen LogP contribution < -0.4 is 5.73 Å². The Bertz CT molecular complexity index is 1370. The van der Waals surface area contributed by atoms with E-state index in [1.807, 2.05) is 72.8 Å². The number of anilines is 1. The number of nitrogens with one attached hydrogen (secondary N) is 1. The van der Waals surface area contributed by atoms with Crippen molar-refractivity contribution in [2.75, 3.05) is 5.73 Å². The first-order valence-electron chi connectivity index (χ1n) is 9.96. The monoisotopic (exact) mass is 426 g/mol. The highest BCUT2D eigenvalue weighted by atomic mass is 16.4. The van der Waals surface area contributed by atoms with Crippen molar-refractivity contribution in [1.82, 2.24) is 24.8 Å². The number of carboxylic acid groups (broad SMARTS) is 1. The molecule has 0 aliphatic rings.